The van der Waals surface area contributed by atoms with Gasteiger partial charge in [-0.1, -0.05) is 19.1 Å². The number of hydrogen-bond donors (Lipinski definition) is 2. The van der Waals surface area contributed by atoms with Crippen LogP contribution in [0.3, 0.4) is 0 Å². The van der Waals surface area contributed by atoms with Crippen molar-refractivity contribution < 1.29 is 19.1 Å². The van der Waals surface area contributed by atoms with Crippen molar-refractivity contribution in [2.24, 2.45) is 5.92 Å². The van der Waals surface area contributed by atoms with Gasteiger partial charge < -0.3 is 24.6 Å². The van der Waals surface area contributed by atoms with E-state index in [1.54, 1.807) is 52.0 Å². The molecule has 1 atom stereocenters. The fourth-order valence-corrected chi connectivity index (χ4v) is 5.18. The van der Waals surface area contributed by atoms with Crippen LogP contribution >= 0.6 is 11.8 Å². The van der Waals surface area contributed by atoms with E-state index >= 15 is 0 Å². The van der Waals surface area contributed by atoms with Crippen molar-refractivity contribution in [1.82, 2.24) is 19.8 Å². The number of furan rings is 1. The number of rotatable bonds is 9. The fourth-order valence-electron chi connectivity index (χ4n) is 4.27. The van der Waals surface area contributed by atoms with Crippen molar-refractivity contribution in [2.45, 2.75) is 11.8 Å². The summed E-state index contributed by atoms with van der Waals surface area (Å²) in [7, 11) is 0. The van der Waals surface area contributed by atoms with Gasteiger partial charge in [0.15, 0.2) is 5.76 Å². The number of aromatic nitrogens is 2. The highest BCUT2D eigenvalue weighted by atomic mass is 32.2. The number of aliphatic hydroxyl groups is 1. The highest BCUT2D eigenvalue weighted by Crippen LogP contribution is 2.25. The van der Waals surface area contributed by atoms with Crippen LogP contribution in [0.25, 0.3) is 11.3 Å². The van der Waals surface area contributed by atoms with E-state index in [0.717, 1.165) is 27.6 Å². The number of aliphatic hydroxyl groups excluding tert-OH is 1. The third-order valence-corrected chi connectivity index (χ3v) is 7.97. The number of nitrogens with zero attached hydrogens (tertiary/aromatic N) is 4. The Hall–Kier alpha value is -4.15. The third-order valence-electron chi connectivity index (χ3n) is 6.63. The molecule has 0 spiro atoms. The molecule has 3 heterocycles. The maximum absolute atomic E-state index is 13.0. The first-order chi connectivity index (χ1) is 19.5. The lowest BCUT2D eigenvalue weighted by Crippen LogP contribution is -2.50. The predicted molar refractivity (Wildman–Crippen MR) is 155 cm³/mol. The van der Waals surface area contributed by atoms with Crippen molar-refractivity contribution in [1.29, 1.82) is 0 Å². The Morgan fingerprint density at radius 2 is 1.68 bits per heavy atom. The molecule has 2 amide bonds. The van der Waals surface area contributed by atoms with E-state index in [9.17, 15) is 14.7 Å². The van der Waals surface area contributed by atoms with Crippen LogP contribution in [0.5, 0.6) is 0 Å². The summed E-state index contributed by atoms with van der Waals surface area (Å²) in [4.78, 5) is 39.1. The second kappa shape index (κ2) is 12.8. The number of thioether (sulfide) groups is 1. The summed E-state index contributed by atoms with van der Waals surface area (Å²) >= 11 is 1.72. The Morgan fingerprint density at radius 3 is 2.33 bits per heavy atom. The van der Waals surface area contributed by atoms with E-state index in [1.807, 2.05) is 37.3 Å². The van der Waals surface area contributed by atoms with Crippen molar-refractivity contribution in [3.8, 4) is 11.3 Å². The van der Waals surface area contributed by atoms with Gasteiger partial charge in [-0.2, -0.15) is 0 Å². The van der Waals surface area contributed by atoms with Gasteiger partial charge in [0.2, 0.25) is 5.95 Å². The molecule has 0 aliphatic carbocycles. The summed E-state index contributed by atoms with van der Waals surface area (Å²) in [6.07, 6.45) is 3.19. The molecule has 1 fully saturated rings. The molecule has 4 aromatic rings. The molecule has 5 rings (SSSR count). The van der Waals surface area contributed by atoms with E-state index < -0.39 is 0 Å². The Labute approximate surface area is 237 Å². The number of benzene rings is 2. The lowest BCUT2D eigenvalue weighted by Gasteiger charge is -2.34. The maximum atomic E-state index is 13.0. The SMILES string of the molecule is CC(CO)CSc1ccc(-c2ccnc(Nc3ccc(C(=O)N4CCN(C(=O)c5ccco5)CC4)cc3)n2)cc1. The van der Waals surface area contributed by atoms with Crippen LogP contribution in [0.15, 0.2) is 88.5 Å². The zero-order valence-electron chi connectivity index (χ0n) is 22.2. The van der Waals surface area contributed by atoms with Crippen LogP contribution in [0, 0.1) is 5.92 Å². The van der Waals surface area contributed by atoms with Gasteiger partial charge in [0.05, 0.1) is 12.0 Å². The number of nitrogens with one attached hydrogen (secondary N) is 1. The molecule has 0 radical (unpaired) electrons. The van der Waals surface area contributed by atoms with Crippen LogP contribution in [0.2, 0.25) is 0 Å². The van der Waals surface area contributed by atoms with Crippen LogP contribution in [-0.4, -0.2) is 75.2 Å². The first-order valence-electron chi connectivity index (χ1n) is 13.2. The van der Waals surface area contributed by atoms with Gasteiger partial charge in [-0.15, -0.1) is 11.8 Å². The van der Waals surface area contributed by atoms with E-state index in [2.05, 4.69) is 27.4 Å². The topological polar surface area (TPSA) is 112 Å². The van der Waals surface area contributed by atoms with Crippen LogP contribution in [0.1, 0.15) is 27.8 Å². The molecule has 1 unspecified atom stereocenters. The molecule has 0 bridgehead atoms. The van der Waals surface area contributed by atoms with Gasteiger partial charge in [0, 0.05) is 66.4 Å². The molecule has 2 N–H and O–H groups in total. The molecule has 1 saturated heterocycles. The summed E-state index contributed by atoms with van der Waals surface area (Å²) in [5.41, 5.74) is 3.14. The molecular formula is C30H31N5O4S. The van der Waals surface area contributed by atoms with Gasteiger partial charge in [0.25, 0.3) is 11.8 Å². The molecule has 9 nitrogen and oxygen atoms in total. The van der Waals surface area contributed by atoms with Crippen LogP contribution in [0.4, 0.5) is 11.6 Å². The number of carbonyl (C=O) groups excluding carboxylic acids is 2. The molecule has 40 heavy (non-hydrogen) atoms. The molecular weight excluding hydrogens is 526 g/mol. The predicted octanol–water partition coefficient (Wildman–Crippen LogP) is 4.80. The quantitative estimate of drug-likeness (QED) is 0.282. The van der Waals surface area contributed by atoms with E-state index in [0.29, 0.717) is 43.5 Å². The van der Waals surface area contributed by atoms with E-state index in [-0.39, 0.29) is 24.3 Å². The lowest BCUT2D eigenvalue weighted by atomic mass is 10.1. The Balaban J connectivity index is 1.16. The number of hydrogen-bond acceptors (Lipinski definition) is 8. The van der Waals surface area contributed by atoms with Gasteiger partial charge in [-0.05, 0) is 60.5 Å². The minimum absolute atomic E-state index is 0.0673. The van der Waals surface area contributed by atoms with Crippen molar-refractivity contribution >= 4 is 35.2 Å². The average Bonchev–Trinajstić information content (AvgIpc) is 3.55. The molecule has 10 heteroatoms. The monoisotopic (exact) mass is 557 g/mol. The number of carbonyl (C=O) groups is 2. The fraction of sp³-hybridized carbons (Fsp3) is 0.267. The van der Waals surface area contributed by atoms with E-state index in [1.165, 1.54) is 6.26 Å². The second-order valence-corrected chi connectivity index (χ2v) is 10.7. The van der Waals surface area contributed by atoms with Crippen molar-refractivity contribution in [3.63, 3.8) is 0 Å². The Kier molecular flexibility index (Phi) is 8.78. The number of piperazine rings is 1. The zero-order chi connectivity index (χ0) is 27.9. The zero-order valence-corrected chi connectivity index (χ0v) is 23.0. The van der Waals surface area contributed by atoms with Gasteiger partial charge in [-0.3, -0.25) is 9.59 Å². The largest absolute Gasteiger partial charge is 0.459 e. The average molecular weight is 558 g/mol. The highest BCUT2D eigenvalue weighted by molar-refractivity contribution is 7.99. The van der Waals surface area contributed by atoms with Gasteiger partial charge in [0.1, 0.15) is 0 Å². The van der Waals surface area contributed by atoms with Crippen molar-refractivity contribution in [3.05, 3.63) is 90.5 Å². The minimum atomic E-state index is -0.154. The Bertz CT molecular complexity index is 1420. The second-order valence-electron chi connectivity index (χ2n) is 9.65. The number of amides is 2. The maximum Gasteiger partial charge on any atom is 0.289 e. The normalized spacial score (nSPS) is 14.2. The lowest BCUT2D eigenvalue weighted by molar-refractivity contribution is 0.0518. The summed E-state index contributed by atoms with van der Waals surface area (Å²) in [5, 5.41) is 12.4. The Morgan fingerprint density at radius 1 is 0.975 bits per heavy atom. The van der Waals surface area contributed by atoms with Crippen molar-refractivity contribution in [2.75, 3.05) is 43.9 Å². The van der Waals surface area contributed by atoms with Crippen LogP contribution in [-0.2, 0) is 0 Å². The molecule has 2 aromatic carbocycles. The smallest absolute Gasteiger partial charge is 0.289 e. The van der Waals surface area contributed by atoms with Gasteiger partial charge >= 0.3 is 0 Å². The summed E-state index contributed by atoms with van der Waals surface area (Å²) in [6, 6.07) is 20.6. The number of anilines is 2. The summed E-state index contributed by atoms with van der Waals surface area (Å²) < 4.78 is 5.20. The molecule has 206 valence electrons. The minimum Gasteiger partial charge on any atom is -0.459 e. The first-order valence-corrected chi connectivity index (χ1v) is 14.1. The summed E-state index contributed by atoms with van der Waals surface area (Å²) in [6.45, 7) is 4.07. The molecule has 2 aromatic heterocycles. The van der Waals surface area contributed by atoms with Crippen LogP contribution < -0.4 is 5.32 Å². The summed E-state index contributed by atoms with van der Waals surface area (Å²) in [5.74, 6) is 1.68. The standard InChI is InChI=1S/C30H31N5O4S/c1-21(19-36)20-40-25-10-6-22(7-11-25)26-12-13-31-30(33-26)32-24-8-4-23(5-9-24)28(37)34-14-16-35(17-15-34)29(38)27-3-2-18-39-27/h2-13,18,21,36H,14-17,19-20H2,1H3,(H,31,32,33). The van der Waals surface area contributed by atoms with Gasteiger partial charge in [-0.25, -0.2) is 9.97 Å². The molecule has 1 aliphatic rings. The third kappa shape index (κ3) is 6.70. The molecule has 0 saturated carbocycles. The highest BCUT2D eigenvalue weighted by Gasteiger charge is 2.26. The molecule has 1 aliphatic heterocycles. The first kappa shape index (κ1) is 27.4. The van der Waals surface area contributed by atoms with E-state index in [4.69, 9.17) is 4.42 Å².